The number of hydrogen-bond donors (Lipinski definition) is 12. The van der Waals surface area contributed by atoms with Crippen molar-refractivity contribution in [1.82, 2.24) is 5.32 Å². The lowest BCUT2D eigenvalue weighted by Crippen LogP contribution is -2.70. The zero-order valence-electron chi connectivity index (χ0n) is 35.6. The Hall–Kier alpha value is -2.85. The highest BCUT2D eigenvalue weighted by molar-refractivity contribution is 5.80. The van der Waals surface area contributed by atoms with E-state index in [0.29, 0.717) is 0 Å². The summed E-state index contributed by atoms with van der Waals surface area (Å²) in [4.78, 5) is 13.3. The van der Waals surface area contributed by atoms with E-state index in [1.54, 1.807) is 6.92 Å². The number of aliphatic hydroxyl groups is 5. The van der Waals surface area contributed by atoms with Crippen molar-refractivity contribution < 1.29 is 68.2 Å². The van der Waals surface area contributed by atoms with Crippen molar-refractivity contribution in [3.05, 3.63) is 71.8 Å². The van der Waals surface area contributed by atoms with Gasteiger partial charge in [-0.2, -0.15) is 0 Å². The molecule has 2 aliphatic heterocycles. The first-order valence-corrected chi connectivity index (χ1v) is 21.5. The molecule has 0 bridgehead atoms. The molecule has 3 aliphatic rings. The largest absolute Gasteiger partial charge is 0.389 e. The fourth-order valence-electron chi connectivity index (χ4n) is 7.81. The summed E-state index contributed by atoms with van der Waals surface area (Å²) >= 11 is 0. The van der Waals surface area contributed by atoms with Gasteiger partial charge in [0.2, 0.25) is 5.91 Å². The number of nitrogens with two attached hydrogens (primary N) is 6. The van der Waals surface area contributed by atoms with Crippen LogP contribution in [-0.2, 0) is 55.9 Å². The fourth-order valence-corrected chi connectivity index (χ4v) is 7.81. The minimum absolute atomic E-state index is 0.0000945. The summed E-state index contributed by atoms with van der Waals surface area (Å²) in [6, 6.07) is 15.5. The fraction of sp³-hybridized carbons (Fsp3) is 0.690. The lowest BCUT2D eigenvalue weighted by Gasteiger charge is -2.50. The van der Waals surface area contributed by atoms with E-state index in [1.807, 2.05) is 60.7 Å². The van der Waals surface area contributed by atoms with Gasteiger partial charge < -0.3 is 103 Å². The van der Waals surface area contributed by atoms with Gasteiger partial charge >= 0.3 is 0 Å². The molecule has 356 valence electrons. The van der Waals surface area contributed by atoms with Crippen LogP contribution in [0.2, 0.25) is 0 Å². The Morgan fingerprint density at radius 3 is 1.95 bits per heavy atom. The lowest BCUT2D eigenvalue weighted by atomic mass is 9.83. The first-order valence-electron chi connectivity index (χ1n) is 21.5. The van der Waals surface area contributed by atoms with Crippen molar-refractivity contribution in [2.75, 3.05) is 39.4 Å². The van der Waals surface area contributed by atoms with Gasteiger partial charge in [0.15, 0.2) is 12.6 Å². The minimum Gasteiger partial charge on any atom is -0.389 e. The van der Waals surface area contributed by atoms with Gasteiger partial charge in [-0.15, -0.1) is 0 Å². The van der Waals surface area contributed by atoms with Gasteiger partial charge in [-0.05, 0) is 37.4 Å². The van der Waals surface area contributed by atoms with Gasteiger partial charge in [0.25, 0.3) is 0 Å². The van der Waals surface area contributed by atoms with Crippen LogP contribution in [0.3, 0.4) is 0 Å². The SMILES string of the molecule is C[C@H]1O[C@H](O[C@@H]2[C@@H](O)[C@H](O[C@H]3O[C@H](CN)[C@@H](O)[C@H](O)[C@H]3N)[C@@H](N)C[C@H]2NC(=O)[C@@H](O)CCN)[C@H](OCc2ccccc2)[C@@H](OCc2ccccc2)[C@@H]1OC[C@@H](CN)OC[C@H](O)CN. The zero-order valence-corrected chi connectivity index (χ0v) is 35.6. The maximum absolute atomic E-state index is 13.3. The van der Waals surface area contributed by atoms with Crippen LogP contribution in [-0.4, -0.2) is 181 Å². The van der Waals surface area contributed by atoms with Crippen molar-refractivity contribution in [3.8, 4) is 0 Å². The van der Waals surface area contributed by atoms with Crippen LogP contribution in [0, 0.1) is 0 Å². The van der Waals surface area contributed by atoms with E-state index in [0.717, 1.165) is 11.1 Å². The molecule has 2 aromatic rings. The molecule has 18 N–H and O–H groups in total. The molecule has 21 heteroatoms. The summed E-state index contributed by atoms with van der Waals surface area (Å²) in [6.07, 6.45) is -17.6. The Morgan fingerprint density at radius 2 is 1.37 bits per heavy atom. The van der Waals surface area contributed by atoms with Crippen LogP contribution in [0.1, 0.15) is 30.9 Å². The normalized spacial score (nSPS) is 35.1. The Labute approximate surface area is 367 Å². The maximum atomic E-state index is 13.3. The second-order valence-electron chi connectivity index (χ2n) is 16.2. The van der Waals surface area contributed by atoms with Gasteiger partial charge in [-0.1, -0.05) is 60.7 Å². The van der Waals surface area contributed by atoms with E-state index < -0.39 is 116 Å². The third-order valence-corrected chi connectivity index (χ3v) is 11.5. The Kier molecular flexibility index (Phi) is 20.4. The molecule has 3 fully saturated rings. The van der Waals surface area contributed by atoms with Crippen molar-refractivity contribution in [2.45, 2.75) is 143 Å². The number of amides is 1. The summed E-state index contributed by atoms with van der Waals surface area (Å²) in [7, 11) is 0. The number of nitrogens with one attached hydrogen (secondary N) is 1. The Morgan fingerprint density at radius 1 is 0.746 bits per heavy atom. The van der Waals surface area contributed by atoms with E-state index in [1.165, 1.54) is 0 Å². The highest BCUT2D eigenvalue weighted by Crippen LogP contribution is 2.35. The van der Waals surface area contributed by atoms with Crippen molar-refractivity contribution in [2.24, 2.45) is 34.4 Å². The Bertz CT molecular complexity index is 1610. The molecule has 1 saturated carbocycles. The third-order valence-electron chi connectivity index (χ3n) is 11.5. The smallest absolute Gasteiger partial charge is 0.249 e. The second kappa shape index (κ2) is 25.2. The van der Waals surface area contributed by atoms with Gasteiger partial charge in [-0.25, -0.2) is 0 Å². The standard InChI is InChI=1S/C42H69N7O14/c1-22-35(59-21-26(16-45)56-20-25(50)15-44)38(57-18-23-8-4-2-5-9-23)39(58-19-24-10-6-3-7-11-24)42(60-22)63-37-28(49-40(55)29(51)12-13-43)14-27(47)36(34(37)54)62-41-31(48)33(53)32(52)30(17-46)61-41/h2-11,22,25-39,41-42,50-54H,12-21,43-48H2,1H3,(H,49,55)/t22-,25-,26-,27+,28-,29+,30-,31-,32-,33-,34+,35-,36-,37+,38+,39-,41-,42-/m1/s1. The zero-order chi connectivity index (χ0) is 45.6. The molecule has 0 radical (unpaired) electrons. The molecule has 21 nitrogen and oxygen atoms in total. The van der Waals surface area contributed by atoms with Crippen LogP contribution in [0.5, 0.6) is 0 Å². The molecule has 1 aliphatic carbocycles. The third kappa shape index (κ3) is 13.8. The number of benzene rings is 2. The van der Waals surface area contributed by atoms with Crippen LogP contribution in [0.4, 0.5) is 0 Å². The van der Waals surface area contributed by atoms with Gasteiger partial charge in [0.1, 0.15) is 61.0 Å². The average Bonchev–Trinajstić information content (AvgIpc) is 3.28. The molecule has 18 atom stereocenters. The molecule has 0 unspecified atom stereocenters. The summed E-state index contributed by atoms with van der Waals surface area (Å²) in [5.41, 5.74) is 37.6. The van der Waals surface area contributed by atoms with E-state index in [9.17, 15) is 30.3 Å². The molecule has 1 amide bonds. The summed E-state index contributed by atoms with van der Waals surface area (Å²) in [5, 5.41) is 56.8. The highest BCUT2D eigenvalue weighted by Gasteiger charge is 2.54. The van der Waals surface area contributed by atoms with E-state index in [-0.39, 0.29) is 65.4 Å². The van der Waals surface area contributed by atoms with Crippen molar-refractivity contribution in [1.29, 1.82) is 0 Å². The molecule has 0 aromatic heterocycles. The van der Waals surface area contributed by atoms with Crippen molar-refractivity contribution >= 4 is 5.91 Å². The van der Waals surface area contributed by atoms with Crippen molar-refractivity contribution in [3.63, 3.8) is 0 Å². The highest BCUT2D eigenvalue weighted by atomic mass is 16.7. The van der Waals surface area contributed by atoms with E-state index >= 15 is 0 Å². The molecular weight excluding hydrogens is 826 g/mol. The van der Waals surface area contributed by atoms with Gasteiger partial charge in [0, 0.05) is 25.7 Å². The summed E-state index contributed by atoms with van der Waals surface area (Å²) in [5.74, 6) is -0.777. The predicted molar refractivity (Wildman–Crippen MR) is 226 cm³/mol. The molecular formula is C42H69N7O14. The van der Waals surface area contributed by atoms with Crippen LogP contribution in [0.15, 0.2) is 60.7 Å². The predicted octanol–water partition coefficient (Wildman–Crippen LogP) is -4.26. The molecule has 2 aromatic carbocycles. The molecule has 2 heterocycles. The first kappa shape index (κ1) is 51.1. The number of aliphatic hydroxyl groups excluding tert-OH is 5. The molecule has 0 spiro atoms. The first-order chi connectivity index (χ1) is 30.3. The summed E-state index contributed by atoms with van der Waals surface area (Å²) < 4.78 is 50.9. The van der Waals surface area contributed by atoms with Gasteiger partial charge in [-0.3, -0.25) is 4.79 Å². The number of carbonyl (C=O) groups excluding carboxylic acids is 1. The molecule has 63 heavy (non-hydrogen) atoms. The number of ether oxygens (including phenoxy) is 8. The average molecular weight is 896 g/mol. The van der Waals surface area contributed by atoms with Crippen LogP contribution in [0.25, 0.3) is 0 Å². The van der Waals surface area contributed by atoms with Crippen LogP contribution < -0.4 is 39.7 Å². The minimum atomic E-state index is -1.64. The number of rotatable bonds is 23. The second-order valence-corrected chi connectivity index (χ2v) is 16.2. The van der Waals surface area contributed by atoms with Gasteiger partial charge in [0.05, 0.1) is 56.8 Å². The maximum Gasteiger partial charge on any atom is 0.249 e. The monoisotopic (exact) mass is 895 g/mol. The van der Waals surface area contributed by atoms with E-state index in [2.05, 4.69) is 5.32 Å². The Balaban J connectivity index is 1.49. The summed E-state index contributed by atoms with van der Waals surface area (Å²) in [6.45, 7) is 1.78. The topological polar surface area (TPSA) is 360 Å². The van der Waals surface area contributed by atoms with Crippen LogP contribution >= 0.6 is 0 Å². The van der Waals surface area contributed by atoms with E-state index in [4.69, 9.17) is 72.3 Å². The number of hydrogen-bond acceptors (Lipinski definition) is 20. The quantitative estimate of drug-likeness (QED) is 0.0502. The molecule has 5 rings (SSSR count). The number of carbonyl (C=O) groups is 1. The molecule has 2 saturated heterocycles. The lowest BCUT2D eigenvalue weighted by molar-refractivity contribution is -0.344.